The predicted molar refractivity (Wildman–Crippen MR) is 181 cm³/mol. The summed E-state index contributed by atoms with van der Waals surface area (Å²) >= 11 is 1.18. The number of hydrogen-bond acceptors (Lipinski definition) is 10. The van der Waals surface area contributed by atoms with Crippen LogP contribution in [0.3, 0.4) is 0 Å². The van der Waals surface area contributed by atoms with E-state index in [1.807, 2.05) is 36.4 Å². The first-order valence-corrected chi connectivity index (χ1v) is 16.1. The highest BCUT2D eigenvalue weighted by Gasteiger charge is 2.35. The molecule has 11 heteroatoms. The summed E-state index contributed by atoms with van der Waals surface area (Å²) in [6.45, 7) is 3.88. The van der Waals surface area contributed by atoms with Crippen LogP contribution in [0, 0.1) is 0 Å². The number of thiazole rings is 1. The molecule has 3 aromatic carbocycles. The van der Waals surface area contributed by atoms with E-state index in [4.69, 9.17) is 28.4 Å². The Morgan fingerprint density at radius 1 is 0.854 bits per heavy atom. The maximum absolute atomic E-state index is 14.3. The number of methoxy groups -OCH3 is 2. The lowest BCUT2D eigenvalue weighted by Crippen LogP contribution is -2.40. The zero-order valence-electron chi connectivity index (χ0n) is 26.7. The highest BCUT2D eigenvalue weighted by atomic mass is 32.1. The van der Waals surface area contributed by atoms with Crippen molar-refractivity contribution in [2.45, 2.75) is 19.9 Å². The number of rotatable bonds is 10. The number of fused-ring (bicyclic) bond motifs is 1. The summed E-state index contributed by atoms with van der Waals surface area (Å²) in [5, 5.41) is 0. The third-order valence-corrected chi connectivity index (χ3v) is 8.64. The van der Waals surface area contributed by atoms with Crippen molar-refractivity contribution in [2.24, 2.45) is 4.99 Å². The molecule has 0 spiro atoms. The lowest BCUT2D eigenvalue weighted by Gasteiger charge is -2.26. The number of carbonyl (C=O) groups is 2. The topological polar surface area (TPSA) is 119 Å². The average Bonchev–Trinajstić information content (AvgIpc) is 3.71. The van der Waals surface area contributed by atoms with Gasteiger partial charge in [0.1, 0.15) is 11.5 Å². The smallest absolute Gasteiger partial charge is 0.338 e. The summed E-state index contributed by atoms with van der Waals surface area (Å²) in [4.78, 5) is 45.6. The van der Waals surface area contributed by atoms with Gasteiger partial charge in [0.15, 0.2) is 16.3 Å². The van der Waals surface area contributed by atoms with Gasteiger partial charge >= 0.3 is 11.9 Å². The number of furan rings is 1. The molecule has 0 saturated carbocycles. The van der Waals surface area contributed by atoms with Gasteiger partial charge < -0.3 is 23.4 Å². The molecular formula is C37H32N2O8S. The maximum atomic E-state index is 14.3. The molecule has 10 nitrogen and oxygen atoms in total. The Labute approximate surface area is 279 Å². The predicted octanol–water partition coefficient (Wildman–Crippen LogP) is 5.39. The van der Waals surface area contributed by atoms with Crippen molar-refractivity contribution in [1.29, 1.82) is 0 Å². The maximum Gasteiger partial charge on any atom is 0.338 e. The summed E-state index contributed by atoms with van der Waals surface area (Å²) in [5.41, 5.74) is 2.65. The Kier molecular flexibility index (Phi) is 9.40. The van der Waals surface area contributed by atoms with E-state index in [1.54, 1.807) is 68.5 Å². The number of aromatic nitrogens is 1. The summed E-state index contributed by atoms with van der Waals surface area (Å²) < 4.78 is 29.7. The highest BCUT2D eigenvalue weighted by Crippen LogP contribution is 2.38. The molecule has 3 heterocycles. The van der Waals surface area contributed by atoms with Gasteiger partial charge in [-0.15, -0.1) is 0 Å². The van der Waals surface area contributed by atoms with Crippen LogP contribution in [0.15, 0.2) is 105 Å². The molecular weight excluding hydrogens is 632 g/mol. The Morgan fingerprint density at radius 2 is 1.58 bits per heavy atom. The van der Waals surface area contributed by atoms with E-state index in [0.29, 0.717) is 60.3 Å². The molecule has 0 fully saturated rings. The van der Waals surface area contributed by atoms with E-state index >= 15 is 0 Å². The van der Waals surface area contributed by atoms with Gasteiger partial charge in [0.25, 0.3) is 5.56 Å². The molecule has 0 amide bonds. The van der Waals surface area contributed by atoms with Crippen molar-refractivity contribution in [3.05, 3.63) is 133 Å². The minimum atomic E-state index is -0.893. The van der Waals surface area contributed by atoms with Crippen molar-refractivity contribution >= 4 is 35.0 Å². The fourth-order valence-electron chi connectivity index (χ4n) is 5.51. The van der Waals surface area contributed by atoms with Crippen molar-refractivity contribution in [1.82, 2.24) is 4.57 Å². The SMILES string of the molecule is CCOC(=O)C1=C(c2ccccc2)N=c2s/c(=C\c3ccc(-c4cccc(C(=O)OCC)c4)o3)c(=O)n2[C@H]1c1ccc(OC)c(OC)c1. The standard InChI is InChI=1S/C37H32N2O8S/c1-5-45-35(41)25-14-10-13-23(19-25)27-18-16-26(47-27)21-30-34(40)39-33(24-15-17-28(43-3)29(20-24)44-4)31(36(42)46-6-2)32(38-37(39)48-30)22-11-8-7-9-12-22/h7-21,33H,5-6H2,1-4H3/b30-21-/t33-/m0/s1. The molecule has 0 aliphatic carbocycles. The molecule has 1 aliphatic rings. The fraction of sp³-hybridized carbons (Fsp3) is 0.189. The van der Waals surface area contributed by atoms with Crippen molar-refractivity contribution < 1.29 is 33.0 Å². The second kappa shape index (κ2) is 14.0. The second-order valence-electron chi connectivity index (χ2n) is 10.5. The lowest BCUT2D eigenvalue weighted by atomic mass is 9.93. The summed E-state index contributed by atoms with van der Waals surface area (Å²) in [6.07, 6.45) is 1.64. The van der Waals surface area contributed by atoms with Gasteiger partial charge in [0.05, 0.1) is 54.8 Å². The summed E-state index contributed by atoms with van der Waals surface area (Å²) in [5.74, 6) is 0.865. The zero-order valence-corrected chi connectivity index (χ0v) is 27.5. The van der Waals surface area contributed by atoms with Gasteiger partial charge in [-0.3, -0.25) is 9.36 Å². The van der Waals surface area contributed by atoms with Gasteiger partial charge in [0, 0.05) is 17.2 Å². The third kappa shape index (κ3) is 6.19. The van der Waals surface area contributed by atoms with Crippen LogP contribution >= 0.6 is 11.3 Å². The van der Waals surface area contributed by atoms with Gasteiger partial charge in [-0.1, -0.05) is 59.9 Å². The molecule has 0 unspecified atom stereocenters. The molecule has 1 atom stereocenters. The number of hydrogen-bond donors (Lipinski definition) is 0. The van der Waals surface area contributed by atoms with Crippen LogP contribution in [0.1, 0.15) is 47.1 Å². The molecule has 244 valence electrons. The van der Waals surface area contributed by atoms with Crippen LogP contribution in [0.4, 0.5) is 0 Å². The molecule has 0 N–H and O–H groups in total. The number of nitrogens with zero attached hydrogens (tertiary/aromatic N) is 2. The van der Waals surface area contributed by atoms with E-state index in [-0.39, 0.29) is 24.3 Å². The van der Waals surface area contributed by atoms with Crippen LogP contribution in [0.25, 0.3) is 23.1 Å². The molecule has 1 aliphatic heterocycles. The van der Waals surface area contributed by atoms with Crippen molar-refractivity contribution in [3.63, 3.8) is 0 Å². The fourth-order valence-corrected chi connectivity index (χ4v) is 6.49. The normalized spacial score (nSPS) is 14.2. The molecule has 5 aromatic rings. The monoisotopic (exact) mass is 664 g/mol. The third-order valence-electron chi connectivity index (χ3n) is 7.66. The van der Waals surface area contributed by atoms with Gasteiger partial charge in [-0.2, -0.15) is 0 Å². The Bertz CT molecular complexity index is 2210. The van der Waals surface area contributed by atoms with Gasteiger partial charge in [0.2, 0.25) is 0 Å². The zero-order chi connectivity index (χ0) is 33.8. The first kappa shape index (κ1) is 32.3. The highest BCUT2D eigenvalue weighted by molar-refractivity contribution is 7.07. The Morgan fingerprint density at radius 3 is 2.31 bits per heavy atom. The van der Waals surface area contributed by atoms with Gasteiger partial charge in [-0.05, 0) is 55.8 Å². The van der Waals surface area contributed by atoms with E-state index in [2.05, 4.69) is 0 Å². The summed E-state index contributed by atoms with van der Waals surface area (Å²) in [6, 6.07) is 24.2. The molecule has 6 rings (SSSR count). The minimum Gasteiger partial charge on any atom is -0.493 e. The number of ether oxygens (including phenoxy) is 4. The van der Waals surface area contributed by atoms with E-state index in [9.17, 15) is 14.4 Å². The minimum absolute atomic E-state index is 0.136. The molecule has 48 heavy (non-hydrogen) atoms. The van der Waals surface area contributed by atoms with Crippen LogP contribution < -0.4 is 24.4 Å². The quantitative estimate of drug-likeness (QED) is 0.183. The number of esters is 2. The molecule has 0 saturated heterocycles. The van der Waals surface area contributed by atoms with Crippen molar-refractivity contribution in [2.75, 3.05) is 27.4 Å². The second-order valence-corrected chi connectivity index (χ2v) is 11.6. The Hall–Kier alpha value is -5.68. The van der Waals surface area contributed by atoms with Crippen LogP contribution in [-0.4, -0.2) is 43.9 Å². The Balaban J connectivity index is 1.52. The lowest BCUT2D eigenvalue weighted by molar-refractivity contribution is -0.138. The molecule has 0 radical (unpaired) electrons. The van der Waals surface area contributed by atoms with Crippen molar-refractivity contribution in [3.8, 4) is 22.8 Å². The first-order valence-electron chi connectivity index (χ1n) is 15.2. The van der Waals surface area contributed by atoms with E-state index < -0.39 is 18.0 Å². The number of benzene rings is 3. The van der Waals surface area contributed by atoms with Gasteiger partial charge in [-0.25, -0.2) is 14.6 Å². The first-order chi connectivity index (χ1) is 23.4. The summed E-state index contributed by atoms with van der Waals surface area (Å²) in [7, 11) is 3.06. The van der Waals surface area contributed by atoms with E-state index in [0.717, 1.165) is 0 Å². The molecule has 0 bridgehead atoms. The van der Waals surface area contributed by atoms with E-state index in [1.165, 1.54) is 30.1 Å². The average molecular weight is 665 g/mol. The number of carbonyl (C=O) groups excluding carboxylic acids is 2. The van der Waals surface area contributed by atoms with Crippen LogP contribution in [-0.2, 0) is 14.3 Å². The molecule has 2 aromatic heterocycles. The largest absolute Gasteiger partial charge is 0.493 e. The van der Waals surface area contributed by atoms with Crippen LogP contribution in [0.2, 0.25) is 0 Å². The van der Waals surface area contributed by atoms with Crippen LogP contribution in [0.5, 0.6) is 11.5 Å².